The Kier molecular flexibility index (Phi) is 6.20. The van der Waals surface area contributed by atoms with E-state index in [0.717, 1.165) is 0 Å². The molecule has 34 valence electrons. The summed E-state index contributed by atoms with van der Waals surface area (Å²) in [6, 6.07) is 0. The third kappa shape index (κ3) is 18.4. The van der Waals surface area contributed by atoms with Gasteiger partial charge in [0.1, 0.15) is 0 Å². The van der Waals surface area contributed by atoms with Gasteiger partial charge in [-0.1, -0.05) is 0 Å². The van der Waals surface area contributed by atoms with E-state index in [0.29, 0.717) is 0 Å². The molecule has 0 aliphatic carbocycles. The van der Waals surface area contributed by atoms with E-state index in [1.54, 1.807) is 0 Å². The first kappa shape index (κ1) is 8.61. The van der Waals surface area contributed by atoms with Crippen LogP contribution in [0.3, 0.4) is 0 Å². The molecule has 0 N–H and O–H groups in total. The topological polar surface area (TPSA) is 0 Å². The van der Waals surface area contributed by atoms with Gasteiger partial charge in [-0.2, -0.15) is 0 Å². The summed E-state index contributed by atoms with van der Waals surface area (Å²) >= 11 is 10.2. The van der Waals surface area contributed by atoms with Crippen molar-refractivity contribution in [2.75, 3.05) is 0 Å². The number of hydrogen-bond donors (Lipinski definition) is 0. The minimum absolute atomic E-state index is 1.29. The van der Waals surface area contributed by atoms with Crippen molar-refractivity contribution in [2.45, 2.75) is 0 Å². The molecular formula is I4W. The monoisotopic (exact) mass is 692 g/mol. The van der Waals surface area contributed by atoms with Crippen LogP contribution in [-0.4, -0.2) is 0 Å². The van der Waals surface area contributed by atoms with Crippen LogP contribution in [0.4, 0.5) is 0 Å². The quantitative estimate of drug-likeness (QED) is 0.342. The van der Waals surface area contributed by atoms with E-state index < -0.39 is 1.33 Å². The Morgan fingerprint density at radius 1 is 0.800 bits per heavy atom. The van der Waals surface area contributed by atoms with Crippen LogP contribution < -0.4 is 0 Å². The Balaban J connectivity index is 3.02. The zero-order valence-electron chi connectivity index (χ0n) is 1.92. The molecular weight excluding hydrogens is 691 g/mol. The molecule has 0 amide bonds. The van der Waals surface area contributed by atoms with E-state index in [9.17, 15) is 0 Å². The SMILES string of the molecule is [I][W]([I])([I])[I]. The minimum atomic E-state index is -1.29. The molecule has 0 saturated heterocycles. The fraction of sp³-hybridized carbons (Fsp3) is 0. The molecule has 0 unspecified atom stereocenters. The molecule has 0 aromatic rings. The van der Waals surface area contributed by atoms with Crippen LogP contribution in [-0.2, 0) is 1.33 Å². The number of rotatable bonds is 0. The first-order valence-electron chi connectivity index (χ1n) is 0.617. The van der Waals surface area contributed by atoms with E-state index >= 15 is 0 Å². The first-order chi connectivity index (χ1) is 2.00. The summed E-state index contributed by atoms with van der Waals surface area (Å²) in [4.78, 5) is 0. The molecule has 0 fully saturated rings. The van der Waals surface area contributed by atoms with Crippen molar-refractivity contribution >= 4 is 77.4 Å². The fourth-order valence-electron chi connectivity index (χ4n) is 0. The Morgan fingerprint density at radius 3 is 0.800 bits per heavy atom. The average molecular weight is 691 g/mol. The molecule has 0 aromatic heterocycles. The van der Waals surface area contributed by atoms with Crippen molar-refractivity contribution in [1.29, 1.82) is 0 Å². The molecule has 0 aliphatic heterocycles. The molecule has 0 aliphatic rings. The number of halogens is 4. The zero-order chi connectivity index (χ0) is 4.50. The average Bonchev–Trinajstić information content (AvgIpc) is 0.722. The maximum atomic E-state index is 2.55. The molecule has 0 nitrogen and oxygen atoms in total. The molecule has 0 radical (unpaired) electrons. The van der Waals surface area contributed by atoms with Crippen molar-refractivity contribution < 1.29 is 1.33 Å². The predicted molar refractivity (Wildman–Crippen MR) is 56.1 cm³/mol. The van der Waals surface area contributed by atoms with Crippen LogP contribution in [0.25, 0.3) is 0 Å². The zero-order valence-corrected chi connectivity index (χ0v) is 13.5. The van der Waals surface area contributed by atoms with Gasteiger partial charge in [-0.3, -0.25) is 0 Å². The molecule has 0 bridgehead atoms. The Labute approximate surface area is 76.1 Å². The van der Waals surface area contributed by atoms with Crippen molar-refractivity contribution in [3.05, 3.63) is 0 Å². The predicted octanol–water partition coefficient (Wildman–Crippen LogP) is 3.54. The summed E-state index contributed by atoms with van der Waals surface area (Å²) in [6.45, 7) is 0. The van der Waals surface area contributed by atoms with Gasteiger partial charge in [0.2, 0.25) is 0 Å². The first-order valence-corrected chi connectivity index (χ1v) is 33.9. The standard InChI is InChI=1S/4HI.W/h4*1H;/q;;;;+4/p-4. The Hall–Kier alpha value is 3.61. The summed E-state index contributed by atoms with van der Waals surface area (Å²) < 4.78 is -1.29. The van der Waals surface area contributed by atoms with Crippen molar-refractivity contribution in [2.24, 2.45) is 0 Å². The normalized spacial score (nSPS) is 15.2. The summed E-state index contributed by atoms with van der Waals surface area (Å²) in [5, 5.41) is 0. The van der Waals surface area contributed by atoms with Crippen LogP contribution in [0.1, 0.15) is 0 Å². The van der Waals surface area contributed by atoms with Gasteiger partial charge in [0.25, 0.3) is 0 Å². The Bertz CT molecular complexity index is 19.1. The van der Waals surface area contributed by atoms with Gasteiger partial charge in [-0.25, -0.2) is 0 Å². The van der Waals surface area contributed by atoms with E-state index in [2.05, 4.69) is 77.4 Å². The molecule has 0 rings (SSSR count). The second-order valence-corrected chi connectivity index (χ2v) is 129. The van der Waals surface area contributed by atoms with Crippen LogP contribution >= 0.6 is 77.4 Å². The summed E-state index contributed by atoms with van der Waals surface area (Å²) in [7, 11) is 0. The third-order valence-electron chi connectivity index (χ3n) is 0. The molecule has 5 heteroatoms. The van der Waals surface area contributed by atoms with Gasteiger partial charge in [-0.15, -0.1) is 0 Å². The van der Waals surface area contributed by atoms with Gasteiger partial charge in [0.05, 0.1) is 0 Å². The fourth-order valence-corrected chi connectivity index (χ4v) is 0. The van der Waals surface area contributed by atoms with E-state index in [4.69, 9.17) is 0 Å². The number of hydrogen-bond acceptors (Lipinski definition) is 0. The maximum absolute atomic E-state index is 2.55. The van der Waals surface area contributed by atoms with E-state index in [1.807, 2.05) is 0 Å². The summed E-state index contributed by atoms with van der Waals surface area (Å²) in [5.74, 6) is 0. The van der Waals surface area contributed by atoms with E-state index in [1.165, 1.54) is 0 Å². The van der Waals surface area contributed by atoms with Gasteiger partial charge in [0, 0.05) is 0 Å². The van der Waals surface area contributed by atoms with Crippen LogP contribution in [0, 0.1) is 0 Å². The van der Waals surface area contributed by atoms with Crippen molar-refractivity contribution in [3.8, 4) is 0 Å². The molecule has 5 heavy (non-hydrogen) atoms. The molecule has 0 heterocycles. The Morgan fingerprint density at radius 2 is 0.800 bits per heavy atom. The third-order valence-corrected chi connectivity index (χ3v) is 0. The molecule has 0 atom stereocenters. The van der Waals surface area contributed by atoms with Gasteiger partial charge in [0.15, 0.2) is 0 Å². The molecule has 0 aromatic carbocycles. The van der Waals surface area contributed by atoms with Crippen molar-refractivity contribution in [3.63, 3.8) is 0 Å². The summed E-state index contributed by atoms with van der Waals surface area (Å²) in [6.07, 6.45) is 0. The molecule has 0 saturated carbocycles. The van der Waals surface area contributed by atoms with Crippen LogP contribution in [0.15, 0.2) is 0 Å². The van der Waals surface area contributed by atoms with E-state index in [-0.39, 0.29) is 0 Å². The summed E-state index contributed by atoms with van der Waals surface area (Å²) in [5.41, 5.74) is 0. The van der Waals surface area contributed by atoms with Crippen molar-refractivity contribution in [1.82, 2.24) is 0 Å². The van der Waals surface area contributed by atoms with Crippen LogP contribution in [0.5, 0.6) is 0 Å². The van der Waals surface area contributed by atoms with Gasteiger partial charge < -0.3 is 0 Å². The molecule has 0 spiro atoms. The second kappa shape index (κ2) is 3.60. The van der Waals surface area contributed by atoms with Crippen LogP contribution in [0.2, 0.25) is 0 Å². The second-order valence-electron chi connectivity index (χ2n) is 0.350. The van der Waals surface area contributed by atoms with Gasteiger partial charge >= 0.3 is 78.7 Å². The van der Waals surface area contributed by atoms with Gasteiger partial charge in [-0.05, 0) is 0 Å².